The second kappa shape index (κ2) is 8.19. The highest BCUT2D eigenvalue weighted by Crippen LogP contribution is 2.25. The van der Waals surface area contributed by atoms with Gasteiger partial charge in [0.05, 0.1) is 12.9 Å². The second-order valence-electron chi connectivity index (χ2n) is 4.78. The maximum atomic E-state index is 12.0. The lowest BCUT2D eigenvalue weighted by atomic mass is 10.2. The van der Waals surface area contributed by atoms with Crippen LogP contribution in [0.25, 0.3) is 0 Å². The maximum Gasteiger partial charge on any atom is 0.215 e. The predicted octanol–water partition coefficient (Wildman–Crippen LogP) is 2.85. The van der Waals surface area contributed by atoms with Gasteiger partial charge < -0.3 is 9.47 Å². The maximum absolute atomic E-state index is 12.0. The molecule has 1 N–H and O–H groups in total. The molecule has 7 heteroatoms. The van der Waals surface area contributed by atoms with Gasteiger partial charge in [0.1, 0.15) is 6.61 Å². The Hall–Kier alpha value is -1.76. The van der Waals surface area contributed by atoms with Crippen LogP contribution in [0.1, 0.15) is 5.56 Å². The van der Waals surface area contributed by atoms with Crippen LogP contribution in [0.5, 0.6) is 11.5 Å². The van der Waals surface area contributed by atoms with Crippen molar-refractivity contribution in [3.05, 3.63) is 59.1 Å². The van der Waals surface area contributed by atoms with Crippen LogP contribution in [-0.4, -0.2) is 28.7 Å². The SMILES string of the molecule is COc1ccccc1OCCNS(=O)(=O)Cc1ccc(Cl)cc1. The summed E-state index contributed by atoms with van der Waals surface area (Å²) in [4.78, 5) is 0. The van der Waals surface area contributed by atoms with Crippen LogP contribution in [0.4, 0.5) is 0 Å². The molecule has 0 saturated heterocycles. The van der Waals surface area contributed by atoms with Crippen molar-refractivity contribution in [1.82, 2.24) is 4.72 Å². The minimum Gasteiger partial charge on any atom is -0.493 e. The monoisotopic (exact) mass is 355 g/mol. The zero-order valence-electron chi connectivity index (χ0n) is 12.7. The molecule has 0 saturated carbocycles. The number of nitrogens with one attached hydrogen (secondary N) is 1. The number of para-hydroxylation sites is 2. The van der Waals surface area contributed by atoms with Gasteiger partial charge in [-0.1, -0.05) is 35.9 Å². The van der Waals surface area contributed by atoms with Gasteiger partial charge in [-0.3, -0.25) is 0 Å². The lowest BCUT2D eigenvalue weighted by Crippen LogP contribution is -2.29. The average Bonchev–Trinajstić information content (AvgIpc) is 2.54. The summed E-state index contributed by atoms with van der Waals surface area (Å²) < 4.78 is 37.2. The molecule has 124 valence electrons. The molecule has 0 heterocycles. The van der Waals surface area contributed by atoms with Gasteiger partial charge in [-0.05, 0) is 29.8 Å². The summed E-state index contributed by atoms with van der Waals surface area (Å²) in [6.07, 6.45) is 0. The van der Waals surface area contributed by atoms with Gasteiger partial charge in [0, 0.05) is 11.6 Å². The van der Waals surface area contributed by atoms with Crippen molar-refractivity contribution < 1.29 is 17.9 Å². The topological polar surface area (TPSA) is 64.6 Å². The number of rotatable bonds is 8. The lowest BCUT2D eigenvalue weighted by Gasteiger charge is -2.11. The Morgan fingerprint density at radius 1 is 1.04 bits per heavy atom. The first-order chi connectivity index (χ1) is 11.0. The van der Waals surface area contributed by atoms with E-state index in [1.165, 1.54) is 0 Å². The van der Waals surface area contributed by atoms with Crippen LogP contribution < -0.4 is 14.2 Å². The molecule has 5 nitrogen and oxygen atoms in total. The molecule has 0 aliphatic carbocycles. The predicted molar refractivity (Wildman–Crippen MR) is 90.6 cm³/mol. The molecule has 0 aromatic heterocycles. The molecule has 0 bridgehead atoms. The Labute approximate surface area is 141 Å². The van der Waals surface area contributed by atoms with Crippen molar-refractivity contribution in [2.45, 2.75) is 5.75 Å². The fourth-order valence-corrected chi connectivity index (χ4v) is 3.20. The average molecular weight is 356 g/mol. The number of sulfonamides is 1. The lowest BCUT2D eigenvalue weighted by molar-refractivity contribution is 0.298. The van der Waals surface area contributed by atoms with E-state index in [2.05, 4.69) is 4.72 Å². The first kappa shape index (κ1) is 17.6. The second-order valence-corrected chi connectivity index (χ2v) is 7.02. The molecule has 0 aliphatic heterocycles. The van der Waals surface area contributed by atoms with Crippen LogP contribution in [0.15, 0.2) is 48.5 Å². The third-order valence-electron chi connectivity index (χ3n) is 3.02. The Morgan fingerprint density at radius 2 is 1.70 bits per heavy atom. The Kier molecular flexibility index (Phi) is 6.27. The normalized spacial score (nSPS) is 11.2. The van der Waals surface area contributed by atoms with Crippen molar-refractivity contribution >= 4 is 21.6 Å². The van der Waals surface area contributed by atoms with Crippen LogP contribution in [0.3, 0.4) is 0 Å². The van der Waals surface area contributed by atoms with E-state index in [0.717, 1.165) is 0 Å². The Bertz CT molecular complexity index is 732. The fourth-order valence-electron chi connectivity index (χ4n) is 1.95. The summed E-state index contributed by atoms with van der Waals surface area (Å²) in [7, 11) is -1.87. The van der Waals surface area contributed by atoms with Gasteiger partial charge in [-0.15, -0.1) is 0 Å². The fraction of sp³-hybridized carbons (Fsp3) is 0.250. The molecule has 0 aliphatic rings. The largest absolute Gasteiger partial charge is 0.493 e. The van der Waals surface area contributed by atoms with E-state index in [-0.39, 0.29) is 18.9 Å². The first-order valence-electron chi connectivity index (χ1n) is 6.98. The first-order valence-corrected chi connectivity index (χ1v) is 9.01. The number of hydrogen-bond acceptors (Lipinski definition) is 4. The summed E-state index contributed by atoms with van der Waals surface area (Å²) in [6.45, 7) is 0.383. The van der Waals surface area contributed by atoms with Gasteiger partial charge in [0.15, 0.2) is 11.5 Å². The van der Waals surface area contributed by atoms with Gasteiger partial charge in [0.2, 0.25) is 10.0 Å². The van der Waals surface area contributed by atoms with Crippen molar-refractivity contribution in [1.29, 1.82) is 0 Å². The molecule has 0 unspecified atom stereocenters. The van der Waals surface area contributed by atoms with Gasteiger partial charge in [-0.2, -0.15) is 0 Å². The van der Waals surface area contributed by atoms with E-state index in [0.29, 0.717) is 22.1 Å². The Morgan fingerprint density at radius 3 is 2.35 bits per heavy atom. The van der Waals surface area contributed by atoms with Gasteiger partial charge >= 0.3 is 0 Å². The summed E-state index contributed by atoms with van der Waals surface area (Å²) in [5.74, 6) is 1.09. The quantitative estimate of drug-likeness (QED) is 0.739. The molecule has 23 heavy (non-hydrogen) atoms. The highest BCUT2D eigenvalue weighted by molar-refractivity contribution is 7.88. The summed E-state index contributed by atoms with van der Waals surface area (Å²) in [6, 6.07) is 13.9. The highest BCUT2D eigenvalue weighted by atomic mass is 35.5. The van der Waals surface area contributed by atoms with Crippen LogP contribution in [0.2, 0.25) is 5.02 Å². The molecule has 0 spiro atoms. The molecule has 0 radical (unpaired) electrons. The highest BCUT2D eigenvalue weighted by Gasteiger charge is 2.11. The van der Waals surface area contributed by atoms with E-state index >= 15 is 0 Å². The smallest absolute Gasteiger partial charge is 0.215 e. The van der Waals surface area contributed by atoms with Crippen molar-refractivity contribution in [3.63, 3.8) is 0 Å². The standard InChI is InChI=1S/C16H18ClNO4S/c1-21-15-4-2-3-5-16(15)22-11-10-18-23(19,20)12-13-6-8-14(17)9-7-13/h2-9,18H,10-12H2,1H3. The molecule has 2 rings (SSSR count). The van der Waals surface area contributed by atoms with E-state index in [9.17, 15) is 8.42 Å². The van der Waals surface area contributed by atoms with Gasteiger partial charge in [-0.25, -0.2) is 13.1 Å². The number of ether oxygens (including phenoxy) is 2. The van der Waals surface area contributed by atoms with Crippen molar-refractivity contribution in [2.75, 3.05) is 20.3 Å². The summed E-state index contributed by atoms with van der Waals surface area (Å²) in [5, 5.41) is 0.573. The number of benzene rings is 2. The minimum atomic E-state index is -3.42. The van der Waals surface area contributed by atoms with E-state index < -0.39 is 10.0 Å². The number of halogens is 1. The van der Waals surface area contributed by atoms with Gasteiger partial charge in [0.25, 0.3) is 0 Å². The molecule has 0 fully saturated rings. The Balaban J connectivity index is 1.82. The van der Waals surface area contributed by atoms with Crippen LogP contribution >= 0.6 is 11.6 Å². The molecule has 2 aromatic rings. The molecular weight excluding hydrogens is 338 g/mol. The summed E-state index contributed by atoms with van der Waals surface area (Å²) >= 11 is 5.78. The molecule has 0 atom stereocenters. The molecule has 2 aromatic carbocycles. The number of hydrogen-bond donors (Lipinski definition) is 1. The van der Waals surface area contributed by atoms with Crippen molar-refractivity contribution in [2.24, 2.45) is 0 Å². The van der Waals surface area contributed by atoms with Crippen LogP contribution in [-0.2, 0) is 15.8 Å². The zero-order chi connectivity index (χ0) is 16.7. The minimum absolute atomic E-state index is 0.0984. The van der Waals surface area contributed by atoms with E-state index in [1.807, 2.05) is 12.1 Å². The third kappa shape index (κ3) is 5.74. The molecular formula is C16H18ClNO4S. The molecule has 0 amide bonds. The third-order valence-corrected chi connectivity index (χ3v) is 4.63. The van der Waals surface area contributed by atoms with E-state index in [4.69, 9.17) is 21.1 Å². The zero-order valence-corrected chi connectivity index (χ0v) is 14.2. The van der Waals surface area contributed by atoms with Crippen molar-refractivity contribution in [3.8, 4) is 11.5 Å². The number of methoxy groups -OCH3 is 1. The summed E-state index contributed by atoms with van der Waals surface area (Å²) in [5.41, 5.74) is 0.674. The van der Waals surface area contributed by atoms with Crippen LogP contribution in [0, 0.1) is 0 Å². The van der Waals surface area contributed by atoms with E-state index in [1.54, 1.807) is 43.5 Å².